The fraction of sp³-hybridized carbons (Fsp3) is 0.156. The summed E-state index contributed by atoms with van der Waals surface area (Å²) in [6.07, 6.45) is 2.70. The average Bonchev–Trinajstić information content (AvgIpc) is 3.40. The standard InChI is InChI=1S/C32H28BrN5O/c1-34-29-15-9-27(10-16-29)22-38-24-35-36-32(38)23-37(20-19-25-7-13-28(33)14-8-25)21-26-11-17-31(18-12-26)39-30-5-3-2-4-6-30/h2-18,24H,19-23H2. The van der Waals surface area contributed by atoms with Crippen molar-refractivity contribution >= 4 is 21.6 Å². The molecule has 0 unspecified atom stereocenters. The predicted octanol–water partition coefficient (Wildman–Crippen LogP) is 7.68. The summed E-state index contributed by atoms with van der Waals surface area (Å²) >= 11 is 3.53. The summed E-state index contributed by atoms with van der Waals surface area (Å²) < 4.78 is 9.13. The number of ether oxygens (including phenoxy) is 1. The zero-order chi connectivity index (χ0) is 26.9. The van der Waals surface area contributed by atoms with Crippen LogP contribution in [-0.4, -0.2) is 26.2 Å². The number of hydrogen-bond acceptors (Lipinski definition) is 4. The van der Waals surface area contributed by atoms with E-state index >= 15 is 0 Å². The largest absolute Gasteiger partial charge is 0.457 e. The lowest BCUT2D eigenvalue weighted by atomic mass is 10.1. The molecule has 0 N–H and O–H groups in total. The smallest absolute Gasteiger partial charge is 0.187 e. The van der Waals surface area contributed by atoms with Crippen molar-refractivity contribution in [2.24, 2.45) is 0 Å². The van der Waals surface area contributed by atoms with E-state index in [9.17, 15) is 0 Å². The van der Waals surface area contributed by atoms with E-state index in [0.717, 1.165) is 46.9 Å². The quantitative estimate of drug-likeness (QED) is 0.151. The molecule has 0 radical (unpaired) electrons. The van der Waals surface area contributed by atoms with Crippen molar-refractivity contribution < 1.29 is 4.74 Å². The van der Waals surface area contributed by atoms with Crippen LogP contribution in [0.5, 0.6) is 11.5 Å². The lowest BCUT2D eigenvalue weighted by Gasteiger charge is -2.23. The number of aromatic nitrogens is 3. The van der Waals surface area contributed by atoms with E-state index < -0.39 is 0 Å². The molecule has 6 nitrogen and oxygen atoms in total. The molecule has 0 spiro atoms. The molecule has 0 bridgehead atoms. The highest BCUT2D eigenvalue weighted by atomic mass is 79.9. The van der Waals surface area contributed by atoms with E-state index in [1.807, 2.05) is 66.7 Å². The van der Waals surface area contributed by atoms with Crippen molar-refractivity contribution in [1.82, 2.24) is 19.7 Å². The zero-order valence-corrected chi connectivity index (χ0v) is 23.0. The molecule has 0 aliphatic heterocycles. The van der Waals surface area contributed by atoms with Gasteiger partial charge in [0.1, 0.15) is 23.7 Å². The molecule has 39 heavy (non-hydrogen) atoms. The summed E-state index contributed by atoms with van der Waals surface area (Å²) in [6, 6.07) is 34.3. The molecule has 0 aliphatic carbocycles. The second-order valence-corrected chi connectivity index (χ2v) is 10.2. The third-order valence-electron chi connectivity index (χ3n) is 6.42. The first kappa shape index (κ1) is 26.4. The molecule has 0 atom stereocenters. The van der Waals surface area contributed by atoms with Gasteiger partial charge in [-0.15, -0.1) is 10.2 Å². The Morgan fingerprint density at radius 3 is 2.15 bits per heavy atom. The summed E-state index contributed by atoms with van der Waals surface area (Å²) in [5.41, 5.74) is 4.24. The van der Waals surface area contributed by atoms with Gasteiger partial charge >= 0.3 is 0 Å². The maximum atomic E-state index is 7.17. The number of rotatable bonds is 11. The summed E-state index contributed by atoms with van der Waals surface area (Å²) in [7, 11) is 0. The van der Waals surface area contributed by atoms with Gasteiger partial charge in [0.05, 0.1) is 19.7 Å². The number of hydrogen-bond donors (Lipinski definition) is 0. The molecule has 194 valence electrons. The molecule has 0 saturated carbocycles. The van der Waals surface area contributed by atoms with E-state index in [-0.39, 0.29) is 0 Å². The van der Waals surface area contributed by atoms with Crippen LogP contribution in [0.4, 0.5) is 5.69 Å². The monoisotopic (exact) mass is 577 g/mol. The van der Waals surface area contributed by atoms with Gasteiger partial charge in [0.15, 0.2) is 5.69 Å². The maximum Gasteiger partial charge on any atom is 0.187 e. The van der Waals surface area contributed by atoms with Gasteiger partial charge in [-0.2, -0.15) is 0 Å². The number of para-hydroxylation sites is 1. The van der Waals surface area contributed by atoms with Gasteiger partial charge in [0.25, 0.3) is 0 Å². The summed E-state index contributed by atoms with van der Waals surface area (Å²) in [4.78, 5) is 5.88. The van der Waals surface area contributed by atoms with Gasteiger partial charge in [-0.05, 0) is 59.5 Å². The molecule has 0 saturated heterocycles. The molecule has 0 fully saturated rings. The molecule has 0 aliphatic rings. The maximum absolute atomic E-state index is 7.17. The van der Waals surface area contributed by atoms with Gasteiger partial charge in [-0.25, -0.2) is 4.85 Å². The van der Waals surface area contributed by atoms with Crippen LogP contribution < -0.4 is 4.74 Å². The molecule has 1 heterocycles. The number of benzene rings is 4. The first-order valence-corrected chi connectivity index (χ1v) is 13.6. The molecule has 4 aromatic carbocycles. The van der Waals surface area contributed by atoms with Crippen LogP contribution in [0.15, 0.2) is 114 Å². The minimum Gasteiger partial charge on any atom is -0.457 e. The van der Waals surface area contributed by atoms with Crippen molar-refractivity contribution in [2.75, 3.05) is 6.54 Å². The van der Waals surface area contributed by atoms with Crippen LogP contribution in [0, 0.1) is 6.57 Å². The highest BCUT2D eigenvalue weighted by molar-refractivity contribution is 9.10. The van der Waals surface area contributed by atoms with E-state index in [0.29, 0.717) is 18.8 Å². The molecule has 0 amide bonds. The topological polar surface area (TPSA) is 47.5 Å². The van der Waals surface area contributed by atoms with E-state index in [4.69, 9.17) is 11.3 Å². The normalized spacial score (nSPS) is 10.9. The van der Waals surface area contributed by atoms with E-state index in [1.54, 1.807) is 6.33 Å². The second-order valence-electron chi connectivity index (χ2n) is 9.30. The minimum absolute atomic E-state index is 0.641. The highest BCUT2D eigenvalue weighted by Gasteiger charge is 2.13. The van der Waals surface area contributed by atoms with Gasteiger partial charge < -0.3 is 9.30 Å². The van der Waals surface area contributed by atoms with E-state index in [2.05, 4.69) is 76.8 Å². The van der Waals surface area contributed by atoms with Gasteiger partial charge in [-0.1, -0.05) is 82.7 Å². The second kappa shape index (κ2) is 13.0. The van der Waals surface area contributed by atoms with Crippen LogP contribution in [0.2, 0.25) is 0 Å². The van der Waals surface area contributed by atoms with Crippen LogP contribution in [0.3, 0.4) is 0 Å². The third kappa shape index (κ3) is 7.64. The first-order valence-electron chi connectivity index (χ1n) is 12.8. The lowest BCUT2D eigenvalue weighted by Crippen LogP contribution is -2.27. The van der Waals surface area contributed by atoms with Crippen LogP contribution in [0.1, 0.15) is 22.5 Å². The number of halogens is 1. The Balaban J connectivity index is 1.29. The average molecular weight is 579 g/mol. The van der Waals surface area contributed by atoms with Gasteiger partial charge in [0, 0.05) is 17.6 Å². The molecule has 1 aromatic heterocycles. The van der Waals surface area contributed by atoms with Crippen LogP contribution in [0.25, 0.3) is 4.85 Å². The Hall–Kier alpha value is -4.25. The van der Waals surface area contributed by atoms with Crippen LogP contribution in [-0.2, 0) is 26.1 Å². The third-order valence-corrected chi connectivity index (χ3v) is 6.95. The van der Waals surface area contributed by atoms with E-state index in [1.165, 1.54) is 11.1 Å². The molecule has 7 heteroatoms. The fourth-order valence-electron chi connectivity index (χ4n) is 4.30. The Morgan fingerprint density at radius 1 is 0.769 bits per heavy atom. The predicted molar refractivity (Wildman–Crippen MR) is 157 cm³/mol. The lowest BCUT2D eigenvalue weighted by molar-refractivity contribution is 0.250. The van der Waals surface area contributed by atoms with Crippen molar-refractivity contribution in [3.63, 3.8) is 0 Å². The van der Waals surface area contributed by atoms with Crippen molar-refractivity contribution in [2.45, 2.75) is 26.1 Å². The Morgan fingerprint density at radius 2 is 1.44 bits per heavy atom. The minimum atomic E-state index is 0.641. The summed E-state index contributed by atoms with van der Waals surface area (Å²) in [5.74, 6) is 2.55. The fourth-order valence-corrected chi connectivity index (χ4v) is 4.57. The molecular formula is C32H28BrN5O. The Labute approximate surface area is 237 Å². The molecule has 5 rings (SSSR count). The van der Waals surface area contributed by atoms with Crippen molar-refractivity contribution in [1.29, 1.82) is 0 Å². The Kier molecular flexibility index (Phi) is 8.79. The SMILES string of the molecule is [C-]#[N+]c1ccc(Cn2cnnc2CN(CCc2ccc(Br)cc2)Cc2ccc(Oc3ccccc3)cc2)cc1. The van der Waals surface area contributed by atoms with Crippen LogP contribution >= 0.6 is 15.9 Å². The summed E-state index contributed by atoms with van der Waals surface area (Å²) in [5, 5.41) is 8.66. The Bertz CT molecular complexity index is 1510. The number of nitrogens with zero attached hydrogens (tertiary/aromatic N) is 5. The first-order chi connectivity index (χ1) is 19.1. The van der Waals surface area contributed by atoms with Gasteiger partial charge in [-0.3, -0.25) is 4.90 Å². The summed E-state index contributed by atoms with van der Waals surface area (Å²) in [6.45, 7) is 10.1. The molecular weight excluding hydrogens is 550 g/mol. The molecule has 5 aromatic rings. The zero-order valence-electron chi connectivity index (χ0n) is 21.5. The van der Waals surface area contributed by atoms with Crippen molar-refractivity contribution in [3.05, 3.63) is 148 Å². The van der Waals surface area contributed by atoms with Gasteiger partial charge in [0.2, 0.25) is 0 Å². The highest BCUT2D eigenvalue weighted by Crippen LogP contribution is 2.22. The van der Waals surface area contributed by atoms with Crippen molar-refractivity contribution in [3.8, 4) is 11.5 Å².